The molecule has 5 heteroatoms. The number of carbonyl (C=O) groups excluding carboxylic acids is 1. The van der Waals surface area contributed by atoms with Crippen molar-refractivity contribution in [3.63, 3.8) is 0 Å². The van der Waals surface area contributed by atoms with Gasteiger partial charge in [0.25, 0.3) is 0 Å². The van der Waals surface area contributed by atoms with Crippen LogP contribution in [0.3, 0.4) is 0 Å². The molecule has 0 saturated carbocycles. The lowest BCUT2D eigenvalue weighted by Gasteiger charge is -2.26. The van der Waals surface area contributed by atoms with E-state index in [-0.39, 0.29) is 18.4 Å². The van der Waals surface area contributed by atoms with E-state index in [9.17, 15) is 9.59 Å². The molecule has 0 atom stereocenters. The maximum Gasteiger partial charge on any atom is 0.305 e. The smallest absolute Gasteiger partial charge is 0.305 e. The van der Waals surface area contributed by atoms with Gasteiger partial charge in [-0.15, -0.1) is 0 Å². The molecule has 0 aromatic carbocycles. The van der Waals surface area contributed by atoms with Gasteiger partial charge in [0.2, 0.25) is 5.91 Å². The van der Waals surface area contributed by atoms with Crippen molar-refractivity contribution < 1.29 is 14.7 Å². The van der Waals surface area contributed by atoms with Crippen LogP contribution in [0, 0.1) is 0 Å². The van der Waals surface area contributed by atoms with E-state index in [1.807, 2.05) is 13.8 Å². The summed E-state index contributed by atoms with van der Waals surface area (Å²) in [5.41, 5.74) is 0. The zero-order valence-corrected chi connectivity index (χ0v) is 11.0. The number of hydrogen-bond acceptors (Lipinski definition) is 3. The molecule has 0 aliphatic carbocycles. The normalized spacial score (nSPS) is 10.5. The molecule has 1 N–H and O–H groups in total. The van der Waals surface area contributed by atoms with Gasteiger partial charge >= 0.3 is 5.97 Å². The van der Waals surface area contributed by atoms with Crippen LogP contribution in [0.2, 0.25) is 0 Å². The third-order valence-electron chi connectivity index (χ3n) is 2.08. The first-order valence-corrected chi connectivity index (χ1v) is 6.73. The highest BCUT2D eigenvalue weighted by Crippen LogP contribution is 2.07. The second-order valence-corrected chi connectivity index (χ2v) is 4.98. The molecule has 0 saturated heterocycles. The number of hydrogen-bond donors (Lipinski definition) is 1. The summed E-state index contributed by atoms with van der Waals surface area (Å²) in [6.45, 7) is 6.19. The van der Waals surface area contributed by atoms with Gasteiger partial charge in [0, 0.05) is 12.6 Å². The molecule has 0 aliphatic heterocycles. The third kappa shape index (κ3) is 6.71. The average molecular weight is 247 g/mol. The number of carboxylic acid groups (broad SMARTS) is 1. The lowest BCUT2D eigenvalue weighted by atomic mass is 10.3. The summed E-state index contributed by atoms with van der Waals surface area (Å²) in [6, 6.07) is 0.0640. The third-order valence-corrected chi connectivity index (χ3v) is 3.23. The number of rotatable bonds is 8. The van der Waals surface area contributed by atoms with Crippen molar-refractivity contribution in [3.05, 3.63) is 0 Å². The summed E-state index contributed by atoms with van der Waals surface area (Å²) in [6.07, 6.45) is 1.07. The van der Waals surface area contributed by atoms with Crippen LogP contribution >= 0.6 is 11.8 Å². The highest BCUT2D eigenvalue weighted by Gasteiger charge is 2.17. The van der Waals surface area contributed by atoms with Gasteiger partial charge in [0.1, 0.15) is 0 Å². The second kappa shape index (κ2) is 8.44. The molecule has 0 radical (unpaired) electrons. The van der Waals surface area contributed by atoms with Gasteiger partial charge in [-0.3, -0.25) is 9.59 Å². The molecule has 4 nitrogen and oxygen atoms in total. The highest BCUT2D eigenvalue weighted by molar-refractivity contribution is 7.99. The fraction of sp³-hybridized carbons (Fsp3) is 0.818. The Balaban J connectivity index is 4.08. The van der Waals surface area contributed by atoms with Gasteiger partial charge < -0.3 is 10.0 Å². The topological polar surface area (TPSA) is 57.6 Å². The fourth-order valence-corrected chi connectivity index (χ4v) is 2.05. The summed E-state index contributed by atoms with van der Waals surface area (Å²) < 4.78 is 0. The van der Waals surface area contributed by atoms with E-state index in [1.54, 1.807) is 16.7 Å². The van der Waals surface area contributed by atoms with Gasteiger partial charge in [0.15, 0.2) is 0 Å². The van der Waals surface area contributed by atoms with E-state index < -0.39 is 5.97 Å². The van der Waals surface area contributed by atoms with Gasteiger partial charge in [0.05, 0.1) is 12.2 Å². The lowest BCUT2D eigenvalue weighted by Crippen LogP contribution is -2.39. The van der Waals surface area contributed by atoms with Crippen molar-refractivity contribution in [1.29, 1.82) is 0 Å². The van der Waals surface area contributed by atoms with E-state index in [0.29, 0.717) is 12.3 Å². The fourth-order valence-electron chi connectivity index (χ4n) is 1.27. The van der Waals surface area contributed by atoms with Crippen LogP contribution in [0.1, 0.15) is 33.6 Å². The van der Waals surface area contributed by atoms with E-state index in [1.165, 1.54) is 0 Å². The molecule has 16 heavy (non-hydrogen) atoms. The maximum atomic E-state index is 11.8. The molecular formula is C11H21NO3S. The van der Waals surface area contributed by atoms with Crippen LogP contribution in [0.4, 0.5) is 0 Å². The maximum absolute atomic E-state index is 11.8. The molecule has 0 aliphatic rings. The van der Waals surface area contributed by atoms with Crippen LogP contribution in [0.15, 0.2) is 0 Å². The van der Waals surface area contributed by atoms with E-state index in [0.717, 1.165) is 12.2 Å². The lowest BCUT2D eigenvalue weighted by molar-refractivity contribution is -0.138. The summed E-state index contributed by atoms with van der Waals surface area (Å²) >= 11 is 1.60. The minimum absolute atomic E-state index is 0.0162. The monoisotopic (exact) mass is 247 g/mol. The van der Waals surface area contributed by atoms with Gasteiger partial charge in [-0.1, -0.05) is 6.92 Å². The molecule has 0 rings (SSSR count). The number of nitrogens with zero attached hydrogens (tertiary/aromatic N) is 1. The Labute approximate surface area is 101 Å². The summed E-state index contributed by atoms with van der Waals surface area (Å²) in [5, 5.41) is 8.60. The Morgan fingerprint density at radius 1 is 1.38 bits per heavy atom. The Morgan fingerprint density at radius 2 is 2.00 bits per heavy atom. The predicted molar refractivity (Wildman–Crippen MR) is 66.7 cm³/mol. The number of carbonyl (C=O) groups is 2. The van der Waals surface area contributed by atoms with Crippen LogP contribution in [-0.2, 0) is 9.59 Å². The SMILES string of the molecule is CCCSCC(=O)N(CCC(=O)O)C(C)C. The summed E-state index contributed by atoms with van der Waals surface area (Å²) in [5.74, 6) is 0.594. The van der Waals surface area contributed by atoms with Gasteiger partial charge in [-0.25, -0.2) is 0 Å². The molecule has 1 amide bonds. The zero-order chi connectivity index (χ0) is 12.6. The standard InChI is InChI=1S/C11H21NO3S/c1-4-7-16-8-10(13)12(9(2)3)6-5-11(14)15/h9H,4-8H2,1-3H3,(H,14,15). The summed E-state index contributed by atoms with van der Waals surface area (Å²) in [7, 11) is 0. The number of thioether (sulfide) groups is 1. The summed E-state index contributed by atoms with van der Waals surface area (Å²) in [4.78, 5) is 23.9. The van der Waals surface area contributed by atoms with Crippen molar-refractivity contribution in [3.8, 4) is 0 Å². The quantitative estimate of drug-likeness (QED) is 0.665. The Kier molecular flexibility index (Phi) is 8.07. The van der Waals surface area contributed by atoms with Crippen LogP contribution in [0.5, 0.6) is 0 Å². The zero-order valence-electron chi connectivity index (χ0n) is 10.2. The van der Waals surface area contributed by atoms with Crippen molar-refractivity contribution in [2.75, 3.05) is 18.1 Å². The first-order valence-electron chi connectivity index (χ1n) is 5.58. The molecule has 0 aromatic rings. The first-order chi connectivity index (χ1) is 7.49. The van der Waals surface area contributed by atoms with E-state index in [4.69, 9.17) is 5.11 Å². The van der Waals surface area contributed by atoms with Gasteiger partial charge in [-0.05, 0) is 26.0 Å². The molecule has 0 spiro atoms. The van der Waals surface area contributed by atoms with E-state index in [2.05, 4.69) is 6.92 Å². The molecule has 0 aromatic heterocycles. The van der Waals surface area contributed by atoms with Crippen LogP contribution in [0.25, 0.3) is 0 Å². The Morgan fingerprint density at radius 3 is 2.44 bits per heavy atom. The second-order valence-electron chi connectivity index (χ2n) is 3.88. The minimum Gasteiger partial charge on any atom is -0.481 e. The van der Waals surface area contributed by atoms with Gasteiger partial charge in [-0.2, -0.15) is 11.8 Å². The molecule has 0 heterocycles. The molecule has 94 valence electrons. The number of carboxylic acids is 1. The predicted octanol–water partition coefficient (Wildman–Crippen LogP) is 1.84. The van der Waals surface area contributed by atoms with E-state index >= 15 is 0 Å². The van der Waals surface area contributed by atoms with Crippen molar-refractivity contribution in [2.45, 2.75) is 39.7 Å². The van der Waals surface area contributed by atoms with Crippen molar-refractivity contribution >= 4 is 23.6 Å². The Hall–Kier alpha value is -0.710. The number of aliphatic carboxylic acids is 1. The van der Waals surface area contributed by atoms with Crippen molar-refractivity contribution in [2.24, 2.45) is 0 Å². The molecule has 0 fully saturated rings. The average Bonchev–Trinajstić information content (AvgIpc) is 2.17. The molecule has 0 unspecified atom stereocenters. The Bertz CT molecular complexity index is 231. The van der Waals surface area contributed by atoms with Crippen LogP contribution in [-0.4, -0.2) is 46.0 Å². The largest absolute Gasteiger partial charge is 0.481 e. The minimum atomic E-state index is -0.861. The molecular weight excluding hydrogens is 226 g/mol. The number of amides is 1. The van der Waals surface area contributed by atoms with Crippen LogP contribution < -0.4 is 0 Å². The first kappa shape index (κ1) is 15.3. The highest BCUT2D eigenvalue weighted by atomic mass is 32.2. The molecule has 0 bridgehead atoms. The van der Waals surface area contributed by atoms with Crippen molar-refractivity contribution in [1.82, 2.24) is 4.90 Å².